The van der Waals surface area contributed by atoms with Crippen molar-refractivity contribution >= 4 is 0 Å². The first-order chi connectivity index (χ1) is 8.04. The molecule has 1 fully saturated rings. The van der Waals surface area contributed by atoms with Crippen molar-refractivity contribution in [2.75, 3.05) is 6.61 Å². The molecule has 0 amide bonds. The van der Waals surface area contributed by atoms with Crippen molar-refractivity contribution in [1.29, 1.82) is 0 Å². The van der Waals surface area contributed by atoms with E-state index in [0.29, 0.717) is 0 Å². The van der Waals surface area contributed by atoms with E-state index in [0.717, 1.165) is 0 Å². The minimum atomic E-state index is -0.944. The summed E-state index contributed by atoms with van der Waals surface area (Å²) < 4.78 is 32.3. The summed E-state index contributed by atoms with van der Waals surface area (Å²) in [7, 11) is 0. The fourth-order valence-electron chi connectivity index (χ4n) is 2.00. The van der Waals surface area contributed by atoms with Crippen LogP contribution in [0.2, 0.25) is 0 Å². The molecule has 1 aliphatic rings. The topological polar surface area (TPSA) is 49.7 Å². The molecule has 1 saturated heterocycles. The molecule has 1 aromatic rings. The number of aryl methyl sites for hydroxylation is 1. The van der Waals surface area contributed by atoms with Crippen LogP contribution in [0.3, 0.4) is 0 Å². The number of rotatable bonds is 2. The smallest absolute Gasteiger partial charge is 0.164 e. The fraction of sp³-hybridized carbons (Fsp3) is 0.500. The third-order valence-corrected chi connectivity index (χ3v) is 3.06. The highest BCUT2D eigenvalue weighted by Gasteiger charge is 2.36. The number of halogens is 2. The number of aliphatic hydroxyl groups excluding tert-OH is 2. The van der Waals surface area contributed by atoms with Gasteiger partial charge < -0.3 is 14.9 Å². The van der Waals surface area contributed by atoms with Gasteiger partial charge in [-0.3, -0.25) is 0 Å². The predicted octanol–water partition coefficient (Wildman–Crippen LogP) is 1.46. The van der Waals surface area contributed by atoms with Crippen LogP contribution in [0.4, 0.5) is 8.78 Å². The zero-order valence-corrected chi connectivity index (χ0v) is 9.36. The van der Waals surface area contributed by atoms with Gasteiger partial charge >= 0.3 is 0 Å². The normalized spacial score (nSPS) is 28.6. The Hall–Kier alpha value is -1.04. The lowest BCUT2D eigenvalue weighted by Gasteiger charge is -2.14. The molecular weight excluding hydrogens is 230 g/mol. The van der Waals surface area contributed by atoms with Gasteiger partial charge in [0.2, 0.25) is 0 Å². The van der Waals surface area contributed by atoms with E-state index in [1.165, 1.54) is 19.1 Å². The number of benzene rings is 1. The van der Waals surface area contributed by atoms with Crippen LogP contribution in [0.5, 0.6) is 0 Å². The molecule has 1 aromatic carbocycles. The second kappa shape index (κ2) is 4.68. The lowest BCUT2D eigenvalue weighted by Crippen LogP contribution is -2.24. The monoisotopic (exact) mass is 244 g/mol. The van der Waals surface area contributed by atoms with Crippen LogP contribution < -0.4 is 0 Å². The van der Waals surface area contributed by atoms with Gasteiger partial charge in [-0.1, -0.05) is 12.1 Å². The lowest BCUT2D eigenvalue weighted by atomic mass is 10.0. The Morgan fingerprint density at radius 2 is 2.06 bits per heavy atom. The van der Waals surface area contributed by atoms with E-state index in [2.05, 4.69) is 0 Å². The summed E-state index contributed by atoms with van der Waals surface area (Å²) in [5, 5.41) is 18.5. The average molecular weight is 244 g/mol. The van der Waals surface area contributed by atoms with Crippen molar-refractivity contribution in [3.05, 3.63) is 34.9 Å². The second-order valence-corrected chi connectivity index (χ2v) is 4.25. The zero-order valence-electron chi connectivity index (χ0n) is 9.36. The Bertz CT molecular complexity index is 422. The summed E-state index contributed by atoms with van der Waals surface area (Å²) in [6.07, 6.45) is -2.14. The maximum atomic E-state index is 13.7. The lowest BCUT2D eigenvalue weighted by molar-refractivity contribution is -0.0234. The molecule has 0 spiro atoms. The zero-order chi connectivity index (χ0) is 12.6. The van der Waals surface area contributed by atoms with Crippen LogP contribution in [0.25, 0.3) is 0 Å². The number of hydrogen-bond acceptors (Lipinski definition) is 3. The van der Waals surface area contributed by atoms with Crippen LogP contribution in [-0.2, 0) is 4.74 Å². The Morgan fingerprint density at radius 1 is 1.35 bits per heavy atom. The van der Waals surface area contributed by atoms with Crippen LogP contribution in [0.15, 0.2) is 12.1 Å². The molecule has 2 rings (SSSR count). The maximum absolute atomic E-state index is 13.7. The summed E-state index contributed by atoms with van der Waals surface area (Å²) in [4.78, 5) is 0. The molecule has 17 heavy (non-hydrogen) atoms. The van der Waals surface area contributed by atoms with E-state index in [4.69, 9.17) is 9.84 Å². The number of ether oxygens (including phenoxy) is 1. The van der Waals surface area contributed by atoms with Gasteiger partial charge in [0, 0.05) is 12.0 Å². The SMILES string of the molecule is Cc1ccc(C2C[C@H](O)[C@@H](CO)O2)c(F)c1F. The molecule has 5 heteroatoms. The van der Waals surface area contributed by atoms with Crippen molar-refractivity contribution < 1.29 is 23.7 Å². The molecule has 3 nitrogen and oxygen atoms in total. The molecule has 1 aliphatic heterocycles. The summed E-state index contributed by atoms with van der Waals surface area (Å²) in [5.41, 5.74) is 0.312. The summed E-state index contributed by atoms with van der Waals surface area (Å²) in [6, 6.07) is 2.92. The number of hydrogen-bond donors (Lipinski definition) is 2. The van der Waals surface area contributed by atoms with E-state index in [9.17, 15) is 13.9 Å². The molecule has 0 aliphatic carbocycles. The first-order valence-electron chi connectivity index (χ1n) is 5.43. The third kappa shape index (κ3) is 2.18. The molecule has 0 saturated carbocycles. The second-order valence-electron chi connectivity index (χ2n) is 4.25. The fourth-order valence-corrected chi connectivity index (χ4v) is 2.00. The van der Waals surface area contributed by atoms with E-state index in [-0.39, 0.29) is 24.2 Å². The highest BCUT2D eigenvalue weighted by atomic mass is 19.2. The van der Waals surface area contributed by atoms with Gasteiger partial charge in [0.1, 0.15) is 6.10 Å². The minimum absolute atomic E-state index is 0.0862. The largest absolute Gasteiger partial charge is 0.394 e. The Kier molecular flexibility index (Phi) is 3.42. The first-order valence-corrected chi connectivity index (χ1v) is 5.43. The van der Waals surface area contributed by atoms with Crippen molar-refractivity contribution in [3.8, 4) is 0 Å². The van der Waals surface area contributed by atoms with Gasteiger partial charge in [-0.05, 0) is 12.5 Å². The molecule has 1 unspecified atom stereocenters. The van der Waals surface area contributed by atoms with Gasteiger partial charge in [-0.15, -0.1) is 0 Å². The molecule has 0 bridgehead atoms. The van der Waals surface area contributed by atoms with Crippen molar-refractivity contribution in [2.45, 2.75) is 31.7 Å². The minimum Gasteiger partial charge on any atom is -0.394 e. The van der Waals surface area contributed by atoms with Crippen LogP contribution in [0, 0.1) is 18.6 Å². The highest BCUT2D eigenvalue weighted by molar-refractivity contribution is 5.27. The third-order valence-electron chi connectivity index (χ3n) is 3.06. The van der Waals surface area contributed by atoms with E-state index >= 15 is 0 Å². The molecular formula is C12H14F2O3. The maximum Gasteiger partial charge on any atom is 0.164 e. The standard InChI is InChI=1S/C12H14F2O3/c1-6-2-3-7(12(14)11(6)13)9-4-8(16)10(5-15)17-9/h2-3,8-10,15-16H,4-5H2,1H3/t8-,9?,10+/m0/s1. The van der Waals surface area contributed by atoms with Crippen molar-refractivity contribution in [1.82, 2.24) is 0 Å². The number of aliphatic hydroxyl groups is 2. The highest BCUT2D eigenvalue weighted by Crippen LogP contribution is 2.35. The van der Waals surface area contributed by atoms with Gasteiger partial charge in [-0.25, -0.2) is 8.78 Å². The summed E-state index contributed by atoms with van der Waals surface area (Å²) in [5.74, 6) is -1.84. The average Bonchev–Trinajstić information content (AvgIpc) is 2.67. The van der Waals surface area contributed by atoms with E-state index < -0.39 is 29.9 Å². The van der Waals surface area contributed by atoms with E-state index in [1.807, 2.05) is 0 Å². The summed E-state index contributed by atoms with van der Waals surface area (Å²) in [6.45, 7) is 1.14. The quantitative estimate of drug-likeness (QED) is 0.828. The summed E-state index contributed by atoms with van der Waals surface area (Å²) >= 11 is 0. The van der Waals surface area contributed by atoms with Gasteiger partial charge in [-0.2, -0.15) is 0 Å². The van der Waals surface area contributed by atoms with Crippen molar-refractivity contribution in [3.63, 3.8) is 0 Å². The molecule has 1 heterocycles. The Morgan fingerprint density at radius 3 is 2.65 bits per heavy atom. The Balaban J connectivity index is 2.28. The Labute approximate surface area is 97.6 Å². The molecule has 2 N–H and O–H groups in total. The molecule has 0 radical (unpaired) electrons. The van der Waals surface area contributed by atoms with Crippen LogP contribution >= 0.6 is 0 Å². The molecule has 94 valence electrons. The van der Waals surface area contributed by atoms with Crippen molar-refractivity contribution in [2.24, 2.45) is 0 Å². The van der Waals surface area contributed by atoms with Crippen LogP contribution in [-0.4, -0.2) is 29.0 Å². The molecule has 3 atom stereocenters. The van der Waals surface area contributed by atoms with Crippen LogP contribution in [0.1, 0.15) is 23.7 Å². The molecule has 0 aromatic heterocycles. The van der Waals surface area contributed by atoms with Gasteiger partial charge in [0.15, 0.2) is 11.6 Å². The predicted molar refractivity (Wildman–Crippen MR) is 56.4 cm³/mol. The van der Waals surface area contributed by atoms with E-state index in [1.54, 1.807) is 0 Å². The van der Waals surface area contributed by atoms with Gasteiger partial charge in [0.25, 0.3) is 0 Å². The first kappa shape index (κ1) is 12.4. The van der Waals surface area contributed by atoms with Gasteiger partial charge in [0.05, 0.1) is 18.8 Å².